The van der Waals surface area contributed by atoms with Crippen molar-refractivity contribution in [3.8, 4) is 6.07 Å². The third-order valence-corrected chi connectivity index (χ3v) is 2.17. The number of nitriles is 1. The van der Waals surface area contributed by atoms with E-state index in [1.807, 2.05) is 24.4 Å². The van der Waals surface area contributed by atoms with Crippen LogP contribution in [0.25, 0.3) is 0 Å². The van der Waals surface area contributed by atoms with Gasteiger partial charge in [0.25, 0.3) is 0 Å². The van der Waals surface area contributed by atoms with Gasteiger partial charge in [0.05, 0.1) is 0 Å². The van der Waals surface area contributed by atoms with Gasteiger partial charge in [-0.1, -0.05) is 6.07 Å². The molecule has 0 saturated heterocycles. The van der Waals surface area contributed by atoms with E-state index in [1.54, 1.807) is 11.3 Å². The lowest BCUT2D eigenvalue weighted by atomic mass is 10.3. The van der Waals surface area contributed by atoms with Crippen molar-refractivity contribution >= 4 is 11.3 Å². The summed E-state index contributed by atoms with van der Waals surface area (Å²) in [5, 5.41) is 10.6. The smallest absolute Gasteiger partial charge is 0.178 e. The Bertz CT molecular complexity index is 237. The summed E-state index contributed by atoms with van der Waals surface area (Å²) >= 11 is 1.55. The van der Waals surface area contributed by atoms with Crippen molar-refractivity contribution in [2.75, 3.05) is 6.61 Å². The first-order valence-electron chi connectivity index (χ1n) is 3.43. The van der Waals surface area contributed by atoms with Gasteiger partial charge < -0.3 is 4.74 Å². The minimum Gasteiger partial charge on any atom is -0.358 e. The zero-order valence-electron chi connectivity index (χ0n) is 6.28. The molecule has 1 aromatic rings. The fraction of sp³-hybridized carbons (Fsp3) is 0.375. The van der Waals surface area contributed by atoms with Crippen LogP contribution in [0.3, 0.4) is 0 Å². The highest BCUT2D eigenvalue weighted by Gasteiger charge is 2.09. The molecule has 1 rings (SSSR count). The van der Waals surface area contributed by atoms with Gasteiger partial charge in [0, 0.05) is 11.5 Å². The van der Waals surface area contributed by atoms with Crippen LogP contribution >= 0.6 is 11.3 Å². The molecule has 3 heteroatoms. The standard InChI is InChI=1S/C8H9NOS/c1-2-10-7(6-9)8-4-3-5-11-8/h3-5,7H,2H2,1H3. The summed E-state index contributed by atoms with van der Waals surface area (Å²) in [5.41, 5.74) is 0. The molecule has 1 atom stereocenters. The number of ether oxygens (including phenoxy) is 1. The summed E-state index contributed by atoms with van der Waals surface area (Å²) in [7, 11) is 0. The number of rotatable bonds is 3. The zero-order valence-corrected chi connectivity index (χ0v) is 7.10. The van der Waals surface area contributed by atoms with E-state index in [2.05, 4.69) is 6.07 Å². The van der Waals surface area contributed by atoms with E-state index in [0.717, 1.165) is 4.88 Å². The van der Waals surface area contributed by atoms with Crippen molar-refractivity contribution < 1.29 is 4.74 Å². The molecule has 0 aromatic carbocycles. The van der Waals surface area contributed by atoms with Crippen molar-refractivity contribution in [3.05, 3.63) is 22.4 Å². The van der Waals surface area contributed by atoms with E-state index in [-0.39, 0.29) is 6.10 Å². The quantitative estimate of drug-likeness (QED) is 0.692. The van der Waals surface area contributed by atoms with Crippen LogP contribution in [0.15, 0.2) is 17.5 Å². The Hall–Kier alpha value is -0.850. The number of thiophene rings is 1. The zero-order chi connectivity index (χ0) is 8.10. The second-order valence-electron chi connectivity index (χ2n) is 1.98. The summed E-state index contributed by atoms with van der Waals surface area (Å²) < 4.78 is 5.18. The third-order valence-electron chi connectivity index (χ3n) is 1.25. The maximum atomic E-state index is 8.66. The van der Waals surface area contributed by atoms with Gasteiger partial charge in [-0.3, -0.25) is 0 Å². The van der Waals surface area contributed by atoms with Gasteiger partial charge >= 0.3 is 0 Å². The van der Waals surface area contributed by atoms with E-state index < -0.39 is 0 Å². The van der Waals surface area contributed by atoms with E-state index in [0.29, 0.717) is 6.61 Å². The SMILES string of the molecule is CCOC(C#N)c1cccs1. The van der Waals surface area contributed by atoms with Crippen molar-refractivity contribution in [2.45, 2.75) is 13.0 Å². The summed E-state index contributed by atoms with van der Waals surface area (Å²) in [6, 6.07) is 5.92. The van der Waals surface area contributed by atoms with Gasteiger partial charge in [-0.2, -0.15) is 5.26 Å². The molecule has 0 bridgehead atoms. The molecule has 0 aliphatic rings. The van der Waals surface area contributed by atoms with Gasteiger partial charge in [0.1, 0.15) is 6.07 Å². The molecule has 0 aliphatic heterocycles. The van der Waals surface area contributed by atoms with Crippen molar-refractivity contribution in [3.63, 3.8) is 0 Å². The Morgan fingerprint density at radius 1 is 1.82 bits per heavy atom. The maximum absolute atomic E-state index is 8.66. The molecule has 0 saturated carbocycles. The minimum absolute atomic E-state index is 0.375. The molecular weight excluding hydrogens is 158 g/mol. The van der Waals surface area contributed by atoms with Crippen LogP contribution in [0, 0.1) is 11.3 Å². The first kappa shape index (κ1) is 8.25. The van der Waals surface area contributed by atoms with Gasteiger partial charge in [-0.05, 0) is 18.4 Å². The van der Waals surface area contributed by atoms with Gasteiger partial charge in [0.2, 0.25) is 0 Å². The topological polar surface area (TPSA) is 33.0 Å². The van der Waals surface area contributed by atoms with Gasteiger partial charge in [-0.25, -0.2) is 0 Å². The Labute approximate surface area is 70.0 Å². The molecule has 0 fully saturated rings. The lowest BCUT2D eigenvalue weighted by Gasteiger charge is -2.04. The van der Waals surface area contributed by atoms with Gasteiger partial charge in [-0.15, -0.1) is 11.3 Å². The molecule has 0 amide bonds. The maximum Gasteiger partial charge on any atom is 0.178 e. The molecule has 1 heterocycles. The molecule has 58 valence electrons. The van der Waals surface area contributed by atoms with E-state index in [1.165, 1.54) is 0 Å². The van der Waals surface area contributed by atoms with E-state index in [4.69, 9.17) is 10.00 Å². The fourth-order valence-corrected chi connectivity index (χ4v) is 1.51. The van der Waals surface area contributed by atoms with Crippen molar-refractivity contribution in [2.24, 2.45) is 0 Å². The average molecular weight is 167 g/mol. The van der Waals surface area contributed by atoms with Gasteiger partial charge in [0.15, 0.2) is 6.10 Å². The normalized spacial score (nSPS) is 12.4. The van der Waals surface area contributed by atoms with E-state index in [9.17, 15) is 0 Å². The van der Waals surface area contributed by atoms with Crippen LogP contribution < -0.4 is 0 Å². The largest absolute Gasteiger partial charge is 0.358 e. The Kier molecular flexibility index (Phi) is 3.09. The van der Waals surface area contributed by atoms with Crippen LogP contribution in [0.4, 0.5) is 0 Å². The summed E-state index contributed by atoms with van der Waals surface area (Å²) in [6.45, 7) is 2.47. The molecule has 2 nitrogen and oxygen atoms in total. The Balaban J connectivity index is 2.65. The van der Waals surface area contributed by atoms with Crippen LogP contribution in [0.5, 0.6) is 0 Å². The van der Waals surface area contributed by atoms with Crippen molar-refractivity contribution in [1.29, 1.82) is 5.26 Å². The lowest BCUT2D eigenvalue weighted by molar-refractivity contribution is 0.104. The number of nitrogens with zero attached hydrogens (tertiary/aromatic N) is 1. The summed E-state index contributed by atoms with van der Waals surface area (Å²) in [6.07, 6.45) is -0.375. The Morgan fingerprint density at radius 2 is 2.64 bits per heavy atom. The predicted octanol–water partition coefficient (Wildman–Crippen LogP) is 2.35. The number of hydrogen-bond donors (Lipinski definition) is 0. The number of hydrogen-bond acceptors (Lipinski definition) is 3. The molecular formula is C8H9NOS. The lowest BCUT2D eigenvalue weighted by Crippen LogP contribution is -1.98. The first-order valence-corrected chi connectivity index (χ1v) is 4.31. The minimum atomic E-state index is -0.375. The van der Waals surface area contributed by atoms with Crippen LogP contribution in [0.2, 0.25) is 0 Å². The fourth-order valence-electron chi connectivity index (χ4n) is 0.790. The van der Waals surface area contributed by atoms with Crippen LogP contribution in [-0.2, 0) is 4.74 Å². The molecule has 1 unspecified atom stereocenters. The highest BCUT2D eigenvalue weighted by Crippen LogP contribution is 2.21. The Morgan fingerprint density at radius 3 is 3.09 bits per heavy atom. The second-order valence-corrected chi connectivity index (χ2v) is 2.96. The molecule has 11 heavy (non-hydrogen) atoms. The first-order chi connectivity index (χ1) is 5.38. The summed E-state index contributed by atoms with van der Waals surface area (Å²) in [4.78, 5) is 0.981. The van der Waals surface area contributed by atoms with Crippen LogP contribution in [-0.4, -0.2) is 6.61 Å². The average Bonchev–Trinajstić information content (AvgIpc) is 2.52. The third kappa shape index (κ3) is 2.04. The van der Waals surface area contributed by atoms with Crippen LogP contribution in [0.1, 0.15) is 17.9 Å². The predicted molar refractivity (Wildman–Crippen MR) is 44.3 cm³/mol. The van der Waals surface area contributed by atoms with Crippen molar-refractivity contribution in [1.82, 2.24) is 0 Å². The monoisotopic (exact) mass is 167 g/mol. The summed E-state index contributed by atoms with van der Waals surface area (Å²) in [5.74, 6) is 0. The molecule has 0 aliphatic carbocycles. The molecule has 1 aromatic heterocycles. The highest BCUT2D eigenvalue weighted by atomic mass is 32.1. The molecule has 0 spiro atoms. The van der Waals surface area contributed by atoms with E-state index >= 15 is 0 Å². The molecule has 0 N–H and O–H groups in total. The second kappa shape index (κ2) is 4.12. The highest BCUT2D eigenvalue weighted by molar-refractivity contribution is 7.10. The molecule has 0 radical (unpaired) electrons.